The molecule has 1 amide bonds. The molecule has 1 aromatic carbocycles. The Morgan fingerprint density at radius 3 is 2.37 bits per heavy atom. The van der Waals surface area contributed by atoms with Crippen molar-refractivity contribution >= 4 is 29.1 Å². The summed E-state index contributed by atoms with van der Waals surface area (Å²) < 4.78 is 43.8. The van der Waals surface area contributed by atoms with E-state index in [0.717, 1.165) is 12.3 Å². The van der Waals surface area contributed by atoms with Crippen LogP contribution in [0.1, 0.15) is 23.0 Å². The van der Waals surface area contributed by atoms with Gasteiger partial charge in [0.1, 0.15) is 22.8 Å². The molecule has 0 unspecified atom stereocenters. The summed E-state index contributed by atoms with van der Waals surface area (Å²) >= 11 is 0. The van der Waals surface area contributed by atoms with Crippen LogP contribution in [0.15, 0.2) is 60.9 Å². The molecule has 2 aromatic heterocycles. The van der Waals surface area contributed by atoms with Crippen LogP contribution in [-0.2, 0) is 11.0 Å². The smallest absolute Gasteiger partial charge is 0.423 e. The normalized spacial score (nSPS) is 10.9. The fourth-order valence-corrected chi connectivity index (χ4v) is 2.44. The van der Waals surface area contributed by atoms with Crippen LogP contribution in [0.3, 0.4) is 0 Å². The van der Waals surface area contributed by atoms with Crippen LogP contribution in [0.25, 0.3) is 0 Å². The molecule has 0 radical (unpaired) electrons. The van der Waals surface area contributed by atoms with Crippen LogP contribution < -0.4 is 15.4 Å². The number of benzene rings is 1. The van der Waals surface area contributed by atoms with Gasteiger partial charge in [0.25, 0.3) is 0 Å². The zero-order chi connectivity index (χ0) is 21.7. The first-order chi connectivity index (χ1) is 14.2. The molecular formula is C20H15F3N4O3. The summed E-state index contributed by atoms with van der Waals surface area (Å²) in [5.74, 6) is -0.762. The summed E-state index contributed by atoms with van der Waals surface area (Å²) in [4.78, 5) is 30.9. The molecule has 10 heteroatoms. The third-order valence-corrected chi connectivity index (χ3v) is 3.73. The van der Waals surface area contributed by atoms with Gasteiger partial charge < -0.3 is 15.4 Å². The Hall–Kier alpha value is -3.95. The standard InChI is InChI=1S/C20H15F3N4O3/c1-12(28)26-13-4-6-15(7-5-13)30-19(29)16-3-2-9-25-18(16)27-14-8-10-24-17(11-14)20(21,22)23/h2-11H,1H3,(H,26,28)(H,24,25,27). The number of anilines is 3. The number of pyridine rings is 2. The summed E-state index contributed by atoms with van der Waals surface area (Å²) in [7, 11) is 0. The SMILES string of the molecule is CC(=O)Nc1ccc(OC(=O)c2cccnc2Nc2ccnc(C(F)(F)F)c2)cc1. The minimum absolute atomic E-state index is 0.0220. The summed E-state index contributed by atoms with van der Waals surface area (Å²) in [6.07, 6.45) is -2.22. The van der Waals surface area contributed by atoms with Crippen molar-refractivity contribution in [2.24, 2.45) is 0 Å². The summed E-state index contributed by atoms with van der Waals surface area (Å²) in [5, 5.41) is 5.27. The van der Waals surface area contributed by atoms with Crippen LogP contribution in [-0.4, -0.2) is 21.8 Å². The van der Waals surface area contributed by atoms with Gasteiger partial charge in [0.2, 0.25) is 5.91 Å². The van der Waals surface area contributed by atoms with Crippen molar-refractivity contribution in [3.63, 3.8) is 0 Å². The van der Waals surface area contributed by atoms with E-state index in [4.69, 9.17) is 4.74 Å². The molecule has 0 saturated carbocycles. The molecule has 0 bridgehead atoms. The van der Waals surface area contributed by atoms with E-state index in [9.17, 15) is 22.8 Å². The predicted octanol–water partition coefficient (Wildman–Crippen LogP) is 4.42. The molecule has 3 aromatic rings. The van der Waals surface area contributed by atoms with Crippen LogP contribution in [0.2, 0.25) is 0 Å². The second-order valence-electron chi connectivity index (χ2n) is 6.05. The van der Waals surface area contributed by atoms with Crippen molar-refractivity contribution in [3.05, 3.63) is 72.2 Å². The van der Waals surface area contributed by atoms with E-state index in [0.29, 0.717) is 5.69 Å². The fraction of sp³-hybridized carbons (Fsp3) is 0.100. The lowest BCUT2D eigenvalue weighted by molar-refractivity contribution is -0.141. The van der Waals surface area contributed by atoms with Gasteiger partial charge in [0, 0.05) is 30.7 Å². The van der Waals surface area contributed by atoms with E-state index in [1.807, 2.05) is 0 Å². The Labute approximate surface area is 168 Å². The highest BCUT2D eigenvalue weighted by atomic mass is 19.4. The Morgan fingerprint density at radius 2 is 1.70 bits per heavy atom. The first-order valence-corrected chi connectivity index (χ1v) is 8.57. The highest BCUT2D eigenvalue weighted by Crippen LogP contribution is 2.30. The van der Waals surface area contributed by atoms with Gasteiger partial charge in [0.15, 0.2) is 0 Å². The van der Waals surface area contributed by atoms with Gasteiger partial charge in [-0.2, -0.15) is 13.2 Å². The van der Waals surface area contributed by atoms with Crippen molar-refractivity contribution in [2.75, 3.05) is 10.6 Å². The van der Waals surface area contributed by atoms with E-state index in [2.05, 4.69) is 20.6 Å². The van der Waals surface area contributed by atoms with E-state index in [1.165, 1.54) is 43.5 Å². The molecule has 0 aliphatic rings. The van der Waals surface area contributed by atoms with Crippen LogP contribution in [0.5, 0.6) is 5.75 Å². The van der Waals surface area contributed by atoms with Gasteiger partial charge in [-0.3, -0.25) is 9.78 Å². The number of nitrogens with zero attached hydrogens (tertiary/aromatic N) is 2. The van der Waals surface area contributed by atoms with Gasteiger partial charge in [0.05, 0.1) is 0 Å². The average molecular weight is 416 g/mol. The quantitative estimate of drug-likeness (QED) is 0.473. The van der Waals surface area contributed by atoms with Crippen molar-refractivity contribution < 1.29 is 27.5 Å². The second-order valence-corrected chi connectivity index (χ2v) is 6.05. The summed E-state index contributed by atoms with van der Waals surface area (Å²) in [6.45, 7) is 1.37. The molecule has 0 atom stereocenters. The van der Waals surface area contributed by atoms with E-state index >= 15 is 0 Å². The van der Waals surface area contributed by atoms with Crippen molar-refractivity contribution in [1.29, 1.82) is 0 Å². The molecule has 3 rings (SSSR count). The Kier molecular flexibility index (Phi) is 5.95. The molecule has 2 N–H and O–H groups in total. The van der Waals surface area contributed by atoms with Crippen LogP contribution in [0, 0.1) is 0 Å². The van der Waals surface area contributed by atoms with Crippen LogP contribution >= 0.6 is 0 Å². The van der Waals surface area contributed by atoms with Gasteiger partial charge in [-0.1, -0.05) is 0 Å². The van der Waals surface area contributed by atoms with Crippen molar-refractivity contribution in [2.45, 2.75) is 13.1 Å². The lowest BCUT2D eigenvalue weighted by Gasteiger charge is -2.12. The lowest BCUT2D eigenvalue weighted by atomic mass is 10.2. The Morgan fingerprint density at radius 1 is 0.967 bits per heavy atom. The third kappa shape index (κ3) is 5.31. The highest BCUT2D eigenvalue weighted by Gasteiger charge is 2.32. The van der Waals surface area contributed by atoms with Gasteiger partial charge >= 0.3 is 12.1 Å². The molecular weight excluding hydrogens is 401 g/mol. The number of nitrogens with one attached hydrogen (secondary N) is 2. The molecule has 0 aliphatic heterocycles. The molecule has 0 fully saturated rings. The molecule has 0 saturated heterocycles. The Bertz CT molecular complexity index is 1070. The number of ether oxygens (including phenoxy) is 1. The highest BCUT2D eigenvalue weighted by molar-refractivity contribution is 5.96. The predicted molar refractivity (Wildman–Crippen MR) is 102 cm³/mol. The Balaban J connectivity index is 1.78. The minimum atomic E-state index is -4.60. The third-order valence-electron chi connectivity index (χ3n) is 3.73. The maximum absolute atomic E-state index is 12.9. The van der Waals surface area contributed by atoms with E-state index in [1.54, 1.807) is 12.1 Å². The molecule has 30 heavy (non-hydrogen) atoms. The number of aromatic nitrogens is 2. The number of hydrogen-bond acceptors (Lipinski definition) is 6. The zero-order valence-electron chi connectivity index (χ0n) is 15.5. The number of carbonyl (C=O) groups excluding carboxylic acids is 2. The number of hydrogen-bond donors (Lipinski definition) is 2. The lowest BCUT2D eigenvalue weighted by Crippen LogP contribution is -2.13. The maximum atomic E-state index is 12.9. The maximum Gasteiger partial charge on any atom is 0.433 e. The van der Waals surface area contributed by atoms with Crippen molar-refractivity contribution in [3.8, 4) is 5.75 Å². The van der Waals surface area contributed by atoms with E-state index in [-0.39, 0.29) is 28.7 Å². The number of carbonyl (C=O) groups is 2. The molecule has 154 valence electrons. The van der Waals surface area contributed by atoms with E-state index < -0.39 is 17.8 Å². The first-order valence-electron chi connectivity index (χ1n) is 8.57. The fourth-order valence-electron chi connectivity index (χ4n) is 2.44. The summed E-state index contributed by atoms with van der Waals surface area (Å²) in [6, 6.07) is 11.1. The number of rotatable bonds is 5. The largest absolute Gasteiger partial charge is 0.433 e. The average Bonchev–Trinajstić information content (AvgIpc) is 2.69. The molecule has 0 aliphatic carbocycles. The molecule has 2 heterocycles. The zero-order valence-corrected chi connectivity index (χ0v) is 15.5. The van der Waals surface area contributed by atoms with Gasteiger partial charge in [-0.15, -0.1) is 0 Å². The minimum Gasteiger partial charge on any atom is -0.423 e. The summed E-state index contributed by atoms with van der Waals surface area (Å²) in [5.41, 5.74) is -0.463. The topological polar surface area (TPSA) is 93.2 Å². The van der Waals surface area contributed by atoms with Gasteiger partial charge in [-0.05, 0) is 48.5 Å². The number of alkyl halides is 3. The molecule has 0 spiro atoms. The van der Waals surface area contributed by atoms with Crippen LogP contribution in [0.4, 0.5) is 30.4 Å². The van der Waals surface area contributed by atoms with Gasteiger partial charge in [-0.25, -0.2) is 9.78 Å². The monoisotopic (exact) mass is 416 g/mol. The van der Waals surface area contributed by atoms with Crippen molar-refractivity contribution in [1.82, 2.24) is 9.97 Å². The second kappa shape index (κ2) is 8.60. The number of halogens is 3. The first kappa shape index (κ1) is 20.8. The number of amides is 1. The number of esters is 1. The molecule has 7 nitrogen and oxygen atoms in total.